The van der Waals surface area contributed by atoms with Crippen LogP contribution in [0.25, 0.3) is 20.4 Å². The molecule has 32 heavy (non-hydrogen) atoms. The highest BCUT2D eigenvalue weighted by Gasteiger charge is 2.15. The fourth-order valence-corrected chi connectivity index (χ4v) is 5.97. The van der Waals surface area contributed by atoms with Crippen LogP contribution >= 0.6 is 22.7 Å². The largest absolute Gasteiger partial charge is 0.294 e. The first kappa shape index (κ1) is 20.8. The van der Waals surface area contributed by atoms with E-state index in [1.54, 1.807) is 44.5 Å². The maximum absolute atomic E-state index is 13.1. The fraction of sp³-hybridized carbons (Fsp3) is 0.250. The second-order valence-corrected chi connectivity index (χ2v) is 10.5. The van der Waals surface area contributed by atoms with Gasteiger partial charge >= 0.3 is 0 Å². The smallest absolute Gasteiger partial charge is 0.262 e. The van der Waals surface area contributed by atoms with Crippen molar-refractivity contribution in [3.05, 3.63) is 89.6 Å². The average molecular weight is 463 g/mol. The standard InChI is InChI=1S/C24H22N4O2S2/c1-13-15(3)31-21-19(13)23(29)27(11-25-21)9-17-7-5-6-8-18(17)10-28-12-26-22-20(24(28)30)14(2)16(4)32-22/h5-8,11-12H,9-10H2,1-4H3. The molecule has 0 aliphatic carbocycles. The summed E-state index contributed by atoms with van der Waals surface area (Å²) in [7, 11) is 0. The number of aromatic nitrogens is 4. The number of rotatable bonds is 4. The Kier molecular flexibility index (Phi) is 5.06. The molecule has 0 amide bonds. The summed E-state index contributed by atoms with van der Waals surface area (Å²) in [6, 6.07) is 7.89. The Morgan fingerprint density at radius 3 is 1.53 bits per heavy atom. The third-order valence-electron chi connectivity index (χ3n) is 6.11. The third-order valence-corrected chi connectivity index (χ3v) is 8.34. The lowest BCUT2D eigenvalue weighted by Gasteiger charge is -2.13. The van der Waals surface area contributed by atoms with E-state index in [1.807, 2.05) is 52.0 Å². The summed E-state index contributed by atoms with van der Waals surface area (Å²) in [5.74, 6) is 0. The lowest BCUT2D eigenvalue weighted by atomic mass is 10.1. The van der Waals surface area contributed by atoms with E-state index in [0.717, 1.165) is 41.7 Å². The third kappa shape index (κ3) is 3.30. The molecule has 0 atom stereocenters. The number of aryl methyl sites for hydroxylation is 4. The minimum Gasteiger partial charge on any atom is -0.294 e. The molecule has 5 rings (SSSR count). The van der Waals surface area contributed by atoms with Crippen LogP contribution in [0.1, 0.15) is 32.0 Å². The van der Waals surface area contributed by atoms with Gasteiger partial charge in [-0.3, -0.25) is 18.7 Å². The van der Waals surface area contributed by atoms with Crippen molar-refractivity contribution in [2.75, 3.05) is 0 Å². The van der Waals surface area contributed by atoms with Crippen LogP contribution < -0.4 is 11.1 Å². The first-order valence-corrected chi connectivity index (χ1v) is 12.0. The van der Waals surface area contributed by atoms with Crippen LogP contribution in [-0.4, -0.2) is 19.1 Å². The Morgan fingerprint density at radius 2 is 1.12 bits per heavy atom. The predicted molar refractivity (Wildman–Crippen MR) is 131 cm³/mol. The number of nitrogens with zero attached hydrogens (tertiary/aromatic N) is 4. The molecule has 8 heteroatoms. The molecule has 5 aromatic rings. The first-order chi connectivity index (χ1) is 15.3. The van der Waals surface area contributed by atoms with E-state index in [9.17, 15) is 9.59 Å². The number of benzene rings is 1. The molecule has 6 nitrogen and oxygen atoms in total. The summed E-state index contributed by atoms with van der Waals surface area (Å²) in [6.45, 7) is 8.76. The van der Waals surface area contributed by atoms with Gasteiger partial charge in [0.2, 0.25) is 0 Å². The Balaban J connectivity index is 1.55. The van der Waals surface area contributed by atoms with Crippen molar-refractivity contribution in [2.45, 2.75) is 40.8 Å². The zero-order valence-electron chi connectivity index (χ0n) is 18.3. The highest BCUT2D eigenvalue weighted by Crippen LogP contribution is 2.26. The number of fused-ring (bicyclic) bond motifs is 2. The molecule has 0 saturated carbocycles. The van der Waals surface area contributed by atoms with Crippen molar-refractivity contribution in [1.82, 2.24) is 19.1 Å². The van der Waals surface area contributed by atoms with Crippen molar-refractivity contribution < 1.29 is 0 Å². The van der Waals surface area contributed by atoms with Crippen molar-refractivity contribution in [3.63, 3.8) is 0 Å². The lowest BCUT2D eigenvalue weighted by Crippen LogP contribution is -2.24. The maximum Gasteiger partial charge on any atom is 0.262 e. The van der Waals surface area contributed by atoms with E-state index >= 15 is 0 Å². The molecule has 1 aromatic carbocycles. The first-order valence-electron chi connectivity index (χ1n) is 10.3. The number of thiophene rings is 2. The summed E-state index contributed by atoms with van der Waals surface area (Å²) in [4.78, 5) is 39.1. The monoisotopic (exact) mass is 462 g/mol. The van der Waals surface area contributed by atoms with E-state index in [0.29, 0.717) is 23.9 Å². The molecule has 0 spiro atoms. The summed E-state index contributed by atoms with van der Waals surface area (Å²) in [5, 5.41) is 1.39. The van der Waals surface area contributed by atoms with Crippen LogP contribution in [0.3, 0.4) is 0 Å². The summed E-state index contributed by atoms with van der Waals surface area (Å²) in [5.41, 5.74) is 3.89. The molecule has 0 aliphatic heterocycles. The zero-order chi connectivity index (χ0) is 22.6. The Bertz CT molecular complexity index is 1500. The van der Waals surface area contributed by atoms with Crippen LogP contribution in [0.5, 0.6) is 0 Å². The quantitative estimate of drug-likeness (QED) is 0.393. The van der Waals surface area contributed by atoms with E-state index in [4.69, 9.17) is 0 Å². The molecule has 0 radical (unpaired) electrons. The molecule has 4 aromatic heterocycles. The van der Waals surface area contributed by atoms with Crippen molar-refractivity contribution >= 4 is 43.1 Å². The minimum absolute atomic E-state index is 0.0312. The molecular formula is C24H22N4O2S2. The molecular weight excluding hydrogens is 440 g/mol. The second kappa shape index (κ2) is 7.79. The zero-order valence-corrected chi connectivity index (χ0v) is 19.9. The Labute approximate surface area is 192 Å². The summed E-state index contributed by atoms with van der Waals surface area (Å²) in [6.07, 6.45) is 3.24. The van der Waals surface area contributed by atoms with E-state index in [-0.39, 0.29) is 11.1 Å². The fourth-order valence-electron chi connectivity index (χ4n) is 4.00. The van der Waals surface area contributed by atoms with Gasteiger partial charge in [0.15, 0.2) is 0 Å². The second-order valence-electron chi connectivity index (χ2n) is 8.05. The molecule has 4 heterocycles. The van der Waals surface area contributed by atoms with Gasteiger partial charge in [-0.2, -0.15) is 0 Å². The van der Waals surface area contributed by atoms with Gasteiger partial charge in [-0.1, -0.05) is 24.3 Å². The molecule has 0 fully saturated rings. The van der Waals surface area contributed by atoms with Crippen LogP contribution in [0, 0.1) is 27.7 Å². The molecule has 0 bridgehead atoms. The molecule has 0 N–H and O–H groups in total. The van der Waals surface area contributed by atoms with E-state index in [2.05, 4.69) is 9.97 Å². The van der Waals surface area contributed by atoms with Gasteiger partial charge in [0.1, 0.15) is 9.66 Å². The predicted octanol–water partition coefficient (Wildman–Crippen LogP) is 4.56. The minimum atomic E-state index is -0.0312. The summed E-state index contributed by atoms with van der Waals surface area (Å²) < 4.78 is 3.30. The van der Waals surface area contributed by atoms with Crippen LogP contribution in [0.15, 0.2) is 46.5 Å². The van der Waals surface area contributed by atoms with Gasteiger partial charge in [0.25, 0.3) is 11.1 Å². The molecule has 0 aliphatic rings. The number of hydrogen-bond acceptors (Lipinski definition) is 6. The van der Waals surface area contributed by atoms with Crippen molar-refractivity contribution in [3.8, 4) is 0 Å². The van der Waals surface area contributed by atoms with Crippen LogP contribution in [0.2, 0.25) is 0 Å². The van der Waals surface area contributed by atoms with E-state index in [1.165, 1.54) is 0 Å². The topological polar surface area (TPSA) is 69.8 Å². The highest BCUT2D eigenvalue weighted by molar-refractivity contribution is 7.19. The van der Waals surface area contributed by atoms with Crippen LogP contribution in [0.4, 0.5) is 0 Å². The van der Waals surface area contributed by atoms with Crippen molar-refractivity contribution in [2.24, 2.45) is 0 Å². The normalized spacial score (nSPS) is 11.6. The van der Waals surface area contributed by atoms with Gasteiger partial charge in [-0.05, 0) is 49.9 Å². The molecule has 0 saturated heterocycles. The van der Waals surface area contributed by atoms with Crippen LogP contribution in [-0.2, 0) is 13.1 Å². The average Bonchev–Trinajstić information content (AvgIpc) is 3.23. The maximum atomic E-state index is 13.1. The van der Waals surface area contributed by atoms with Gasteiger partial charge in [0, 0.05) is 9.75 Å². The van der Waals surface area contributed by atoms with Gasteiger partial charge in [-0.25, -0.2) is 9.97 Å². The molecule has 0 unspecified atom stereocenters. The van der Waals surface area contributed by atoms with Crippen molar-refractivity contribution in [1.29, 1.82) is 0 Å². The highest BCUT2D eigenvalue weighted by atomic mass is 32.1. The van der Waals surface area contributed by atoms with Gasteiger partial charge < -0.3 is 0 Å². The Hall–Kier alpha value is -3.10. The SMILES string of the molecule is Cc1sc2ncn(Cc3ccccc3Cn3cnc4sc(C)c(C)c4c3=O)c(=O)c2c1C. The molecule has 162 valence electrons. The summed E-state index contributed by atoms with van der Waals surface area (Å²) >= 11 is 3.10. The van der Waals surface area contributed by atoms with Gasteiger partial charge in [0.05, 0.1) is 36.5 Å². The Morgan fingerprint density at radius 1 is 0.719 bits per heavy atom. The number of hydrogen-bond donors (Lipinski definition) is 0. The van der Waals surface area contributed by atoms with E-state index < -0.39 is 0 Å². The lowest BCUT2D eigenvalue weighted by molar-refractivity contribution is 0.708. The van der Waals surface area contributed by atoms with Gasteiger partial charge in [-0.15, -0.1) is 22.7 Å².